The van der Waals surface area contributed by atoms with Crippen molar-refractivity contribution in [3.05, 3.63) is 20.3 Å². The molecule has 0 aromatic carbocycles. The van der Waals surface area contributed by atoms with Crippen LogP contribution in [-0.2, 0) is 0 Å². The van der Waals surface area contributed by atoms with E-state index in [1.165, 1.54) is 6.07 Å². The summed E-state index contributed by atoms with van der Waals surface area (Å²) in [6.07, 6.45) is 0.679. The molecule has 0 N–H and O–H groups in total. The van der Waals surface area contributed by atoms with Gasteiger partial charge in [0.2, 0.25) is 0 Å². The van der Waals surface area contributed by atoms with Gasteiger partial charge in [-0.15, -0.1) is 11.3 Å². The third kappa shape index (κ3) is 1.89. The van der Waals surface area contributed by atoms with Crippen LogP contribution < -0.4 is 0 Å². The predicted octanol–water partition coefficient (Wildman–Crippen LogP) is 2.70. The van der Waals surface area contributed by atoms with Gasteiger partial charge in [0, 0.05) is 4.47 Å². The molecule has 5 heteroatoms. The molecule has 1 aromatic heterocycles. The Hall–Kier alpha value is -0.190. The summed E-state index contributed by atoms with van der Waals surface area (Å²) in [7, 11) is 0. The SMILES string of the molecule is O=Cc1sc(C(=O)Cl)cc1Br. The van der Waals surface area contributed by atoms with Gasteiger partial charge in [-0.25, -0.2) is 0 Å². The van der Waals surface area contributed by atoms with E-state index in [0.29, 0.717) is 20.5 Å². The molecule has 0 saturated heterocycles. The predicted molar refractivity (Wildman–Crippen MR) is 47.6 cm³/mol. The second-order valence-corrected chi connectivity index (χ2v) is 4.00. The molecule has 0 aliphatic carbocycles. The number of hydrogen-bond acceptors (Lipinski definition) is 3. The van der Waals surface area contributed by atoms with Gasteiger partial charge in [-0.1, -0.05) is 0 Å². The minimum atomic E-state index is -0.538. The molecule has 11 heavy (non-hydrogen) atoms. The highest BCUT2D eigenvalue weighted by Gasteiger charge is 2.09. The number of carbonyl (C=O) groups excluding carboxylic acids is 2. The molecule has 0 radical (unpaired) electrons. The summed E-state index contributed by atoms with van der Waals surface area (Å²) in [6, 6.07) is 1.53. The molecule has 1 aromatic rings. The Morgan fingerprint density at radius 2 is 2.36 bits per heavy atom. The minimum absolute atomic E-state index is 0.376. The molecule has 0 aliphatic heterocycles. The zero-order valence-electron chi connectivity index (χ0n) is 5.14. The molecular formula is C6H2BrClO2S. The topological polar surface area (TPSA) is 34.1 Å². The molecule has 1 rings (SSSR count). The lowest BCUT2D eigenvalue weighted by molar-refractivity contribution is 0.108. The molecule has 0 fully saturated rings. The van der Waals surface area contributed by atoms with Crippen LogP contribution in [0.2, 0.25) is 0 Å². The van der Waals surface area contributed by atoms with Crippen molar-refractivity contribution in [3.63, 3.8) is 0 Å². The van der Waals surface area contributed by atoms with Crippen LogP contribution in [0.25, 0.3) is 0 Å². The lowest BCUT2D eigenvalue weighted by Crippen LogP contribution is -1.78. The maximum absolute atomic E-state index is 10.6. The van der Waals surface area contributed by atoms with E-state index in [2.05, 4.69) is 15.9 Å². The maximum Gasteiger partial charge on any atom is 0.262 e. The van der Waals surface area contributed by atoms with Crippen LogP contribution in [0.4, 0.5) is 0 Å². The van der Waals surface area contributed by atoms with E-state index in [9.17, 15) is 9.59 Å². The third-order valence-corrected chi connectivity index (χ3v) is 3.31. The first-order valence-corrected chi connectivity index (χ1v) is 4.58. The first kappa shape index (κ1) is 8.90. The fourth-order valence-electron chi connectivity index (χ4n) is 0.560. The average molecular weight is 254 g/mol. The van der Waals surface area contributed by atoms with E-state index in [4.69, 9.17) is 11.6 Å². The fourth-order valence-corrected chi connectivity index (χ4v) is 2.15. The summed E-state index contributed by atoms with van der Waals surface area (Å²) < 4.78 is 0.613. The number of rotatable bonds is 2. The second kappa shape index (κ2) is 3.47. The van der Waals surface area contributed by atoms with Gasteiger partial charge >= 0.3 is 0 Å². The normalized spacial score (nSPS) is 9.64. The Morgan fingerprint density at radius 1 is 1.73 bits per heavy atom. The zero-order valence-corrected chi connectivity index (χ0v) is 8.29. The Balaban J connectivity index is 3.14. The molecular weight excluding hydrogens is 251 g/mol. The lowest BCUT2D eigenvalue weighted by atomic mass is 10.4. The van der Waals surface area contributed by atoms with Crippen LogP contribution in [0.5, 0.6) is 0 Å². The van der Waals surface area contributed by atoms with Crippen LogP contribution in [-0.4, -0.2) is 11.5 Å². The summed E-state index contributed by atoms with van der Waals surface area (Å²) in [5.41, 5.74) is 0. The summed E-state index contributed by atoms with van der Waals surface area (Å²) in [4.78, 5) is 21.7. The Labute approximate surface area is 80.3 Å². The highest BCUT2D eigenvalue weighted by molar-refractivity contribution is 9.10. The Morgan fingerprint density at radius 3 is 2.64 bits per heavy atom. The standard InChI is InChI=1S/C6H2BrClO2S/c7-3-1-4(6(8)10)11-5(3)2-9/h1-2H. The van der Waals surface area contributed by atoms with Crippen LogP contribution >= 0.6 is 38.9 Å². The number of hydrogen-bond donors (Lipinski definition) is 0. The number of carbonyl (C=O) groups is 2. The van der Waals surface area contributed by atoms with Crippen molar-refractivity contribution < 1.29 is 9.59 Å². The maximum atomic E-state index is 10.6. The van der Waals surface area contributed by atoms with Crippen molar-refractivity contribution in [1.29, 1.82) is 0 Å². The minimum Gasteiger partial charge on any atom is -0.297 e. The summed E-state index contributed by atoms with van der Waals surface area (Å²) in [5, 5.41) is -0.538. The van der Waals surface area contributed by atoms with Gasteiger partial charge in [0.1, 0.15) is 0 Å². The van der Waals surface area contributed by atoms with E-state index in [1.807, 2.05) is 0 Å². The molecule has 0 unspecified atom stereocenters. The lowest BCUT2D eigenvalue weighted by Gasteiger charge is -1.78. The van der Waals surface area contributed by atoms with Crippen molar-refractivity contribution in [3.8, 4) is 0 Å². The van der Waals surface area contributed by atoms with Gasteiger partial charge in [0.05, 0.1) is 9.75 Å². The van der Waals surface area contributed by atoms with Crippen LogP contribution in [0.15, 0.2) is 10.5 Å². The first-order chi connectivity index (χ1) is 5.15. The van der Waals surface area contributed by atoms with E-state index in [1.54, 1.807) is 0 Å². The molecule has 0 saturated carbocycles. The van der Waals surface area contributed by atoms with Crippen molar-refractivity contribution in [1.82, 2.24) is 0 Å². The number of halogens is 2. The van der Waals surface area contributed by atoms with E-state index < -0.39 is 5.24 Å². The van der Waals surface area contributed by atoms with Crippen molar-refractivity contribution in [2.24, 2.45) is 0 Å². The number of thiophene rings is 1. The van der Waals surface area contributed by atoms with Gasteiger partial charge in [0.25, 0.3) is 5.24 Å². The van der Waals surface area contributed by atoms with Gasteiger partial charge in [-0.2, -0.15) is 0 Å². The van der Waals surface area contributed by atoms with Crippen molar-refractivity contribution in [2.75, 3.05) is 0 Å². The summed E-state index contributed by atoms with van der Waals surface area (Å²) in [6.45, 7) is 0. The van der Waals surface area contributed by atoms with Crippen molar-refractivity contribution in [2.45, 2.75) is 0 Å². The van der Waals surface area contributed by atoms with Gasteiger partial charge in [0.15, 0.2) is 6.29 Å². The smallest absolute Gasteiger partial charge is 0.262 e. The van der Waals surface area contributed by atoms with Crippen LogP contribution in [0, 0.1) is 0 Å². The van der Waals surface area contributed by atoms with E-state index >= 15 is 0 Å². The quantitative estimate of drug-likeness (QED) is 0.600. The Bertz CT molecular complexity index is 308. The first-order valence-electron chi connectivity index (χ1n) is 2.59. The molecule has 0 aliphatic rings. The van der Waals surface area contributed by atoms with Gasteiger partial charge in [-0.05, 0) is 33.6 Å². The van der Waals surface area contributed by atoms with Crippen molar-refractivity contribution >= 4 is 50.4 Å². The van der Waals surface area contributed by atoms with Gasteiger partial charge < -0.3 is 0 Å². The molecule has 2 nitrogen and oxygen atoms in total. The van der Waals surface area contributed by atoms with E-state index in [0.717, 1.165) is 11.3 Å². The Kier molecular flexibility index (Phi) is 2.81. The highest BCUT2D eigenvalue weighted by atomic mass is 79.9. The molecule has 58 valence electrons. The average Bonchev–Trinajstić information content (AvgIpc) is 2.31. The van der Waals surface area contributed by atoms with E-state index in [-0.39, 0.29) is 0 Å². The van der Waals surface area contributed by atoms with Crippen LogP contribution in [0.3, 0.4) is 0 Å². The molecule has 0 spiro atoms. The molecule has 0 amide bonds. The zero-order chi connectivity index (χ0) is 8.43. The molecule has 0 bridgehead atoms. The monoisotopic (exact) mass is 252 g/mol. The fraction of sp³-hybridized carbons (Fsp3) is 0. The largest absolute Gasteiger partial charge is 0.297 e. The molecule has 0 atom stereocenters. The highest BCUT2D eigenvalue weighted by Crippen LogP contribution is 2.26. The summed E-state index contributed by atoms with van der Waals surface area (Å²) >= 11 is 9.37. The van der Waals surface area contributed by atoms with Crippen LogP contribution in [0.1, 0.15) is 19.3 Å². The second-order valence-electron chi connectivity index (χ2n) is 1.71. The summed E-state index contributed by atoms with van der Waals surface area (Å²) in [5.74, 6) is 0. The van der Waals surface area contributed by atoms with Gasteiger partial charge in [-0.3, -0.25) is 9.59 Å². The third-order valence-electron chi connectivity index (χ3n) is 1.01. The number of aldehydes is 1. The molecule has 1 heterocycles.